The van der Waals surface area contributed by atoms with Crippen LogP contribution in [-0.4, -0.2) is 51.5 Å². The van der Waals surface area contributed by atoms with E-state index >= 15 is 0 Å². The Bertz CT molecular complexity index is 1450. The van der Waals surface area contributed by atoms with E-state index in [2.05, 4.69) is 27.2 Å². The van der Waals surface area contributed by atoms with E-state index in [-0.39, 0.29) is 41.0 Å². The first-order chi connectivity index (χ1) is 19.6. The predicted molar refractivity (Wildman–Crippen MR) is 156 cm³/mol. The highest BCUT2D eigenvalue weighted by Crippen LogP contribution is 2.33. The number of hydrogen-bond donors (Lipinski definition) is 3. The molecule has 1 fully saturated rings. The molecule has 1 aliphatic rings. The number of halogens is 3. The quantitative estimate of drug-likeness (QED) is 0.193. The van der Waals surface area contributed by atoms with Gasteiger partial charge in [0.05, 0.1) is 16.4 Å². The molecule has 1 saturated heterocycles. The third kappa shape index (κ3) is 7.13. The Labute approximate surface area is 242 Å². The Morgan fingerprint density at radius 3 is 2.66 bits per heavy atom. The number of carbonyl (C=O) groups excluding carboxylic acids is 2. The van der Waals surface area contributed by atoms with Crippen molar-refractivity contribution in [2.75, 3.05) is 23.7 Å². The topological polar surface area (TPSA) is 111 Å². The van der Waals surface area contributed by atoms with E-state index < -0.39 is 11.8 Å². The Kier molecular flexibility index (Phi) is 9.44. The average molecular weight is 581 g/mol. The third-order valence-corrected chi connectivity index (χ3v) is 7.14. The van der Waals surface area contributed by atoms with Gasteiger partial charge in [0.15, 0.2) is 0 Å². The molecule has 4 rings (SSSR count). The molecule has 1 unspecified atom stereocenters. The second-order valence-electron chi connectivity index (χ2n) is 9.81. The number of pyridine rings is 2. The highest BCUT2D eigenvalue weighted by molar-refractivity contribution is 6.34. The summed E-state index contributed by atoms with van der Waals surface area (Å²) in [6.07, 6.45) is 7.23. The summed E-state index contributed by atoms with van der Waals surface area (Å²) in [7, 11) is 0. The lowest BCUT2D eigenvalue weighted by molar-refractivity contribution is -0.127. The van der Waals surface area contributed by atoms with Gasteiger partial charge in [-0.25, -0.2) is 13.8 Å². The van der Waals surface area contributed by atoms with Crippen LogP contribution in [0.1, 0.15) is 59.7 Å². The summed E-state index contributed by atoms with van der Waals surface area (Å²) < 4.78 is 28.6. The molecule has 2 aromatic heterocycles. The molecule has 3 aromatic rings. The Balaban J connectivity index is 1.48. The van der Waals surface area contributed by atoms with Crippen molar-refractivity contribution in [3.63, 3.8) is 0 Å². The number of piperidine rings is 1. The first-order valence-corrected chi connectivity index (χ1v) is 13.7. The number of likely N-dealkylation sites (tertiary alicyclic amines) is 1. The SMILES string of the molecule is C=CC(=O)N1CCCC(Nc2c(Cl)cncc2C(=N)c2ccc(C(=O)Nc3cc(C(F)(F)CCC)ccn3)cc2)C1. The first-order valence-electron chi connectivity index (χ1n) is 13.3. The minimum atomic E-state index is -3.01. The molecule has 3 N–H and O–H groups in total. The number of nitrogens with one attached hydrogen (secondary N) is 3. The Morgan fingerprint density at radius 2 is 1.95 bits per heavy atom. The summed E-state index contributed by atoms with van der Waals surface area (Å²) in [5.74, 6) is -3.64. The fourth-order valence-corrected chi connectivity index (χ4v) is 4.93. The summed E-state index contributed by atoms with van der Waals surface area (Å²) in [5, 5.41) is 15.1. The second-order valence-corrected chi connectivity index (χ2v) is 10.2. The maximum absolute atomic E-state index is 14.3. The van der Waals surface area contributed by atoms with Gasteiger partial charge in [-0.2, -0.15) is 0 Å². The standard InChI is InChI=1S/C30H31ClF2N6O2/c1-3-12-30(32,33)21-11-13-36-25(15-21)38-29(41)20-9-7-19(8-10-20)27(34)23-16-35-17-24(31)28(23)37-22-6-5-14-39(18-22)26(40)4-2/h4,7-11,13,15-17,22,34H,2-3,5-6,12,14,18H2,1H3,(H,35,37)(H,36,38,41). The Morgan fingerprint density at radius 1 is 1.22 bits per heavy atom. The normalized spacial score (nSPS) is 15.2. The number of nitrogens with zero attached hydrogens (tertiary/aromatic N) is 3. The molecule has 3 heterocycles. The van der Waals surface area contributed by atoms with Gasteiger partial charge in [-0.1, -0.05) is 43.7 Å². The number of hydrogen-bond acceptors (Lipinski definition) is 6. The Hall–Kier alpha value is -4.18. The van der Waals surface area contributed by atoms with Gasteiger partial charge in [0.25, 0.3) is 11.8 Å². The highest BCUT2D eigenvalue weighted by Gasteiger charge is 2.30. The number of anilines is 2. The zero-order valence-electron chi connectivity index (χ0n) is 22.6. The fourth-order valence-electron chi connectivity index (χ4n) is 4.72. The van der Waals surface area contributed by atoms with Gasteiger partial charge in [-0.15, -0.1) is 0 Å². The van der Waals surface area contributed by atoms with Crippen molar-refractivity contribution in [1.82, 2.24) is 14.9 Å². The number of benzene rings is 1. The largest absolute Gasteiger partial charge is 0.379 e. The molecular weight excluding hydrogens is 550 g/mol. The van der Waals surface area contributed by atoms with E-state index in [4.69, 9.17) is 17.0 Å². The molecule has 11 heteroatoms. The van der Waals surface area contributed by atoms with Gasteiger partial charge in [0.2, 0.25) is 5.91 Å². The van der Waals surface area contributed by atoms with Crippen LogP contribution >= 0.6 is 11.6 Å². The molecule has 41 heavy (non-hydrogen) atoms. The van der Waals surface area contributed by atoms with Crippen LogP contribution in [0.5, 0.6) is 0 Å². The van der Waals surface area contributed by atoms with Crippen molar-refractivity contribution in [1.29, 1.82) is 5.41 Å². The zero-order chi connectivity index (χ0) is 29.6. The smallest absolute Gasteiger partial charge is 0.273 e. The average Bonchev–Trinajstić information content (AvgIpc) is 2.97. The molecule has 2 amide bonds. The van der Waals surface area contributed by atoms with Crippen LogP contribution in [-0.2, 0) is 10.7 Å². The van der Waals surface area contributed by atoms with Crippen LogP contribution in [0.25, 0.3) is 0 Å². The van der Waals surface area contributed by atoms with Crippen molar-refractivity contribution in [3.05, 3.63) is 94.9 Å². The third-order valence-electron chi connectivity index (χ3n) is 6.85. The minimum absolute atomic E-state index is 0.0249. The van der Waals surface area contributed by atoms with Gasteiger partial charge < -0.3 is 15.5 Å². The van der Waals surface area contributed by atoms with E-state index in [1.807, 2.05) is 0 Å². The lowest BCUT2D eigenvalue weighted by atomic mass is 9.99. The van der Waals surface area contributed by atoms with Gasteiger partial charge in [0.1, 0.15) is 5.82 Å². The molecule has 0 saturated carbocycles. The maximum atomic E-state index is 14.3. The van der Waals surface area contributed by atoms with E-state index in [1.54, 1.807) is 42.3 Å². The highest BCUT2D eigenvalue weighted by atomic mass is 35.5. The second kappa shape index (κ2) is 13.0. The maximum Gasteiger partial charge on any atom is 0.273 e. The minimum Gasteiger partial charge on any atom is -0.379 e. The van der Waals surface area contributed by atoms with Gasteiger partial charge >= 0.3 is 0 Å². The summed E-state index contributed by atoms with van der Waals surface area (Å²) in [4.78, 5) is 34.8. The van der Waals surface area contributed by atoms with Crippen LogP contribution < -0.4 is 10.6 Å². The number of amides is 2. The molecule has 0 bridgehead atoms. The van der Waals surface area contributed by atoms with E-state index in [1.165, 1.54) is 30.6 Å². The van der Waals surface area contributed by atoms with Crippen LogP contribution in [0.2, 0.25) is 5.02 Å². The van der Waals surface area contributed by atoms with Crippen molar-refractivity contribution in [2.45, 2.75) is 44.6 Å². The lowest BCUT2D eigenvalue weighted by Gasteiger charge is -2.33. The molecule has 1 aromatic carbocycles. The fraction of sp³-hybridized carbons (Fsp3) is 0.300. The lowest BCUT2D eigenvalue weighted by Crippen LogP contribution is -2.44. The van der Waals surface area contributed by atoms with E-state index in [0.717, 1.165) is 12.8 Å². The molecule has 0 radical (unpaired) electrons. The molecule has 0 spiro atoms. The number of rotatable bonds is 10. The number of aromatic nitrogens is 2. The van der Waals surface area contributed by atoms with E-state index in [9.17, 15) is 18.4 Å². The first kappa shape index (κ1) is 29.8. The summed E-state index contributed by atoms with van der Waals surface area (Å²) in [5.41, 5.74) is 1.72. The van der Waals surface area contributed by atoms with Crippen LogP contribution in [0.4, 0.5) is 20.3 Å². The van der Waals surface area contributed by atoms with Crippen LogP contribution in [0.15, 0.2) is 67.6 Å². The molecule has 0 aliphatic carbocycles. The van der Waals surface area contributed by atoms with Crippen molar-refractivity contribution >= 4 is 40.6 Å². The summed E-state index contributed by atoms with van der Waals surface area (Å²) in [6, 6.07) is 8.67. The van der Waals surface area contributed by atoms with Gasteiger partial charge in [0, 0.05) is 66.4 Å². The molecule has 8 nitrogen and oxygen atoms in total. The van der Waals surface area contributed by atoms with Gasteiger partial charge in [-0.05, 0) is 43.2 Å². The molecular formula is C30H31ClF2N6O2. The zero-order valence-corrected chi connectivity index (χ0v) is 23.3. The molecule has 1 atom stereocenters. The number of alkyl halides is 2. The molecule has 1 aliphatic heterocycles. The van der Waals surface area contributed by atoms with Crippen molar-refractivity contribution in [3.8, 4) is 0 Å². The summed E-state index contributed by atoms with van der Waals surface area (Å²) >= 11 is 6.48. The predicted octanol–water partition coefficient (Wildman–Crippen LogP) is 6.28. The number of carbonyl (C=O) groups is 2. The van der Waals surface area contributed by atoms with Crippen molar-refractivity contribution < 1.29 is 18.4 Å². The summed E-state index contributed by atoms with van der Waals surface area (Å²) in [6.45, 7) is 6.38. The van der Waals surface area contributed by atoms with Crippen molar-refractivity contribution in [2.24, 2.45) is 0 Å². The molecule has 214 valence electrons. The van der Waals surface area contributed by atoms with Gasteiger partial charge in [-0.3, -0.25) is 20.0 Å². The van der Waals surface area contributed by atoms with Crippen LogP contribution in [0.3, 0.4) is 0 Å². The monoisotopic (exact) mass is 580 g/mol. The van der Waals surface area contributed by atoms with Crippen LogP contribution in [0, 0.1) is 5.41 Å². The van der Waals surface area contributed by atoms with E-state index in [0.29, 0.717) is 41.3 Å².